The molecule has 3 N–H and O–H groups in total. The van der Waals surface area contributed by atoms with E-state index in [1.165, 1.54) is 4.90 Å². The number of nitrogens with one attached hydrogen (secondary N) is 2. The summed E-state index contributed by atoms with van der Waals surface area (Å²) in [7, 11) is 0. The van der Waals surface area contributed by atoms with Gasteiger partial charge in [-0.1, -0.05) is 58.9 Å². The lowest BCUT2D eigenvalue weighted by atomic mass is 9.57. The van der Waals surface area contributed by atoms with Crippen LogP contribution in [0.5, 0.6) is 0 Å². The van der Waals surface area contributed by atoms with Crippen molar-refractivity contribution in [2.75, 3.05) is 52.8 Å². The van der Waals surface area contributed by atoms with Crippen LogP contribution in [0.3, 0.4) is 0 Å². The highest BCUT2D eigenvalue weighted by Gasteiger charge is 2.69. The number of aliphatic hydroxyl groups excluding tert-OH is 1. The van der Waals surface area contributed by atoms with E-state index in [4.69, 9.17) is 38.2 Å². The Kier molecular flexibility index (Phi) is 18.3. The molecule has 5 saturated heterocycles. The van der Waals surface area contributed by atoms with Gasteiger partial charge >= 0.3 is 5.97 Å². The topological polar surface area (TPSA) is 203 Å². The van der Waals surface area contributed by atoms with E-state index in [9.17, 15) is 24.3 Å². The number of fused-ring (bicyclic) bond motifs is 2. The molecule has 1 spiro atoms. The van der Waals surface area contributed by atoms with Crippen LogP contribution in [0.25, 0.3) is 10.4 Å². The van der Waals surface area contributed by atoms with Gasteiger partial charge in [0, 0.05) is 51.3 Å². The van der Waals surface area contributed by atoms with Crippen LogP contribution in [0.2, 0.25) is 0 Å². The summed E-state index contributed by atoms with van der Waals surface area (Å²) in [6.07, 6.45) is 5.07. The van der Waals surface area contributed by atoms with Gasteiger partial charge in [0.15, 0.2) is 11.9 Å². The number of aryl methyl sites for hydroxylation is 1. The smallest absolute Gasteiger partial charge is 0.305 e. The highest BCUT2D eigenvalue weighted by molar-refractivity contribution is 7.13. The molecular weight excluding hydrogens is 909 g/mol. The largest absolute Gasteiger partial charge is 0.466 e. The van der Waals surface area contributed by atoms with E-state index in [1.54, 1.807) is 11.3 Å². The number of esters is 1. The first-order valence-electron chi connectivity index (χ1n) is 25.1. The number of hydrogen-bond acceptors (Lipinski definition) is 15. The molecule has 1 aliphatic carbocycles. The Morgan fingerprint density at radius 2 is 1.65 bits per heavy atom. The number of nitrogens with zero attached hydrogens (tertiary/aromatic N) is 2. The lowest BCUT2D eigenvalue weighted by molar-refractivity contribution is -0.571. The number of hydrogen-bond donors (Lipinski definition) is 3. The summed E-state index contributed by atoms with van der Waals surface area (Å²) >= 11 is 1.57. The lowest BCUT2D eigenvalue weighted by Crippen LogP contribution is -2.70. The van der Waals surface area contributed by atoms with Crippen molar-refractivity contribution in [2.24, 2.45) is 29.1 Å². The SMILES string of the molecule is Cc1ncsc1-c1ccc(CNC(=O)[C@@H]2CC(O)CN2C(=O)[C@@H](NC(=O)CCOCCOCCOCCCC(=O)OCCC[C@H]2O[C@@H]3O[C@@]4(C)CC[C@H]5[C@H](C)CC[C@@H]([C@H]2C)[C@@]35OO4)C(C)(C)C)cc1. The van der Waals surface area contributed by atoms with Gasteiger partial charge in [-0.05, 0) is 86.7 Å². The number of β-amino-alcohol motifs (C(OH)–C–C–N with tert-alkyl or cyclic N) is 1. The number of amides is 3. The predicted octanol–water partition coefficient (Wildman–Crippen LogP) is 6.02. The summed E-state index contributed by atoms with van der Waals surface area (Å²) in [6, 6.07) is 6.07. The van der Waals surface area contributed by atoms with Crippen LogP contribution >= 0.6 is 11.3 Å². The van der Waals surface area contributed by atoms with E-state index in [0.29, 0.717) is 57.7 Å². The minimum Gasteiger partial charge on any atom is -0.466 e. The second-order valence-corrected chi connectivity index (χ2v) is 21.8. The quantitative estimate of drug-likeness (QED) is 0.0663. The van der Waals surface area contributed by atoms with Gasteiger partial charge in [-0.15, -0.1) is 11.3 Å². The molecule has 18 heteroatoms. The maximum absolute atomic E-state index is 13.9. The number of aliphatic hydroxyl groups is 1. The molecule has 1 saturated carbocycles. The van der Waals surface area contributed by atoms with Crippen molar-refractivity contribution in [1.29, 1.82) is 0 Å². The zero-order valence-corrected chi connectivity index (χ0v) is 42.5. The molecule has 69 heavy (non-hydrogen) atoms. The van der Waals surface area contributed by atoms with Crippen LogP contribution in [-0.4, -0.2) is 133 Å². The molecule has 0 radical (unpaired) electrons. The van der Waals surface area contributed by atoms with Crippen molar-refractivity contribution in [3.05, 3.63) is 41.0 Å². The highest BCUT2D eigenvalue weighted by atomic mass is 32.1. The molecule has 1 unspecified atom stereocenters. The van der Waals surface area contributed by atoms with E-state index >= 15 is 0 Å². The Bertz CT molecular complexity index is 2030. The minimum atomic E-state index is -0.931. The van der Waals surface area contributed by atoms with Crippen molar-refractivity contribution in [2.45, 2.75) is 161 Å². The fourth-order valence-corrected chi connectivity index (χ4v) is 11.7. The number of likely N-dealkylation sites (tertiary alicyclic amines) is 1. The summed E-state index contributed by atoms with van der Waals surface area (Å²) in [5.41, 5.74) is 3.48. The third kappa shape index (κ3) is 13.1. The molecule has 1 aromatic heterocycles. The molecule has 17 nitrogen and oxygen atoms in total. The van der Waals surface area contributed by atoms with Gasteiger partial charge < -0.3 is 49.1 Å². The summed E-state index contributed by atoms with van der Waals surface area (Å²) in [5, 5.41) is 16.3. The van der Waals surface area contributed by atoms with Crippen LogP contribution in [0.1, 0.15) is 117 Å². The maximum Gasteiger partial charge on any atom is 0.305 e. The number of aromatic nitrogens is 1. The second-order valence-electron chi connectivity index (χ2n) is 20.9. The Morgan fingerprint density at radius 1 is 0.928 bits per heavy atom. The van der Waals surface area contributed by atoms with Crippen molar-refractivity contribution < 1.29 is 62.5 Å². The minimum absolute atomic E-state index is 0.00563. The maximum atomic E-state index is 13.9. The van der Waals surface area contributed by atoms with Gasteiger partial charge in [0.2, 0.25) is 23.5 Å². The lowest BCUT2D eigenvalue weighted by Gasteiger charge is -2.60. The first-order chi connectivity index (χ1) is 33.0. The van der Waals surface area contributed by atoms with Gasteiger partial charge in [-0.2, -0.15) is 0 Å². The highest BCUT2D eigenvalue weighted by Crippen LogP contribution is 2.60. The fraction of sp³-hybridized carbons (Fsp3) is 0.745. The van der Waals surface area contributed by atoms with Crippen molar-refractivity contribution in [1.82, 2.24) is 20.5 Å². The van der Waals surface area contributed by atoms with Gasteiger partial charge in [-0.3, -0.25) is 19.2 Å². The average molecular weight is 985 g/mol. The van der Waals surface area contributed by atoms with Crippen molar-refractivity contribution >= 4 is 35.0 Å². The Balaban J connectivity index is 0.708. The summed E-state index contributed by atoms with van der Waals surface area (Å²) in [6.45, 7) is 16.4. The second kappa shape index (κ2) is 23.8. The molecule has 6 aliphatic rings. The molecule has 6 heterocycles. The van der Waals surface area contributed by atoms with Crippen LogP contribution in [0, 0.1) is 36.0 Å². The number of carbonyl (C=O) groups is 4. The monoisotopic (exact) mass is 985 g/mol. The van der Waals surface area contributed by atoms with Crippen LogP contribution in [0.4, 0.5) is 0 Å². The molecule has 11 atom stereocenters. The molecule has 3 amide bonds. The van der Waals surface area contributed by atoms with Gasteiger partial charge in [0.25, 0.3) is 0 Å². The van der Waals surface area contributed by atoms with E-state index in [2.05, 4.69) is 29.5 Å². The zero-order chi connectivity index (χ0) is 49.3. The summed E-state index contributed by atoms with van der Waals surface area (Å²) < 4.78 is 35.5. The standard InChI is InChI=1S/C51H76N4O13S/c1-32-12-17-39-33(2)41(65-48-51(39)38(32)18-20-50(7,66-48)67-68-51)10-8-22-64-43(58)11-9-21-61-24-26-63-27-25-62-23-19-42(57)54-45(49(4,5)6)47(60)55-30-37(56)28-40(55)46(59)52-29-35-13-15-36(16-14-35)44-34(3)53-31-69-44/h13-16,31-33,37-41,45,48,56H,8-12,17-30H2,1-7H3,(H,52,59)(H,54,57)/t32-,33-,37?,38+,39+,40+,41-,45-,48-,50-,51-/m1/s1. The normalized spacial score (nSPS) is 30.1. The number of carbonyl (C=O) groups excluding carboxylic acids is 4. The third-order valence-corrected chi connectivity index (χ3v) is 15.8. The number of thiazole rings is 1. The first-order valence-corrected chi connectivity index (χ1v) is 26.0. The Morgan fingerprint density at radius 3 is 2.36 bits per heavy atom. The van der Waals surface area contributed by atoms with Crippen LogP contribution in [0.15, 0.2) is 29.8 Å². The molecule has 1 aromatic carbocycles. The van der Waals surface area contributed by atoms with E-state index in [-0.39, 0.29) is 81.3 Å². The third-order valence-electron chi connectivity index (χ3n) is 14.8. The molecule has 6 fully saturated rings. The Labute approximate surface area is 411 Å². The van der Waals surface area contributed by atoms with Crippen molar-refractivity contribution in [3.63, 3.8) is 0 Å². The summed E-state index contributed by atoms with van der Waals surface area (Å²) in [4.78, 5) is 71.8. The van der Waals surface area contributed by atoms with Crippen molar-refractivity contribution in [3.8, 4) is 10.4 Å². The average Bonchev–Trinajstić information content (AvgIpc) is 3.86. The van der Waals surface area contributed by atoms with Gasteiger partial charge in [0.05, 0.1) is 67.9 Å². The number of rotatable bonds is 23. The molecule has 2 aromatic rings. The van der Waals surface area contributed by atoms with E-state index in [0.717, 1.165) is 53.8 Å². The molecule has 8 rings (SSSR count). The van der Waals surface area contributed by atoms with E-state index < -0.39 is 47.2 Å². The van der Waals surface area contributed by atoms with Crippen LogP contribution in [-0.2, 0) is 63.9 Å². The fourth-order valence-electron chi connectivity index (χ4n) is 10.9. The first kappa shape index (κ1) is 53.2. The van der Waals surface area contributed by atoms with E-state index in [1.807, 2.05) is 64.4 Å². The van der Waals surface area contributed by atoms with Gasteiger partial charge in [0.1, 0.15) is 12.1 Å². The predicted molar refractivity (Wildman–Crippen MR) is 255 cm³/mol. The molecular formula is C51H76N4O13S. The summed E-state index contributed by atoms with van der Waals surface area (Å²) in [5.74, 6) is -0.802. The number of benzene rings is 1. The number of ether oxygens (including phenoxy) is 6. The Hall–Kier alpha value is -3.59. The molecule has 384 valence electrons. The zero-order valence-electron chi connectivity index (χ0n) is 41.7. The van der Waals surface area contributed by atoms with Gasteiger partial charge in [-0.25, -0.2) is 14.8 Å². The molecule has 2 bridgehead atoms. The van der Waals surface area contributed by atoms with Crippen LogP contribution < -0.4 is 10.6 Å². The molecule has 5 aliphatic heterocycles.